The Kier molecular flexibility index (Phi) is 9.52. The second-order valence-corrected chi connectivity index (χ2v) is 11.2. The van der Waals surface area contributed by atoms with Crippen LogP contribution in [0, 0.1) is 6.92 Å². The van der Waals surface area contributed by atoms with Crippen molar-refractivity contribution >= 4 is 27.5 Å². The van der Waals surface area contributed by atoms with E-state index in [9.17, 15) is 18.0 Å². The molecule has 0 aliphatic carbocycles. The number of nitrogens with zero attached hydrogens (tertiary/aromatic N) is 2. The summed E-state index contributed by atoms with van der Waals surface area (Å²) in [6.45, 7) is 6.79. The van der Waals surface area contributed by atoms with Gasteiger partial charge in [-0.3, -0.25) is 13.9 Å². The minimum absolute atomic E-state index is 0.0435. The number of benzene rings is 3. The van der Waals surface area contributed by atoms with E-state index in [2.05, 4.69) is 5.32 Å². The van der Waals surface area contributed by atoms with Gasteiger partial charge < -0.3 is 15.0 Å². The molecule has 9 heteroatoms. The van der Waals surface area contributed by atoms with Gasteiger partial charge in [0.15, 0.2) is 0 Å². The van der Waals surface area contributed by atoms with E-state index in [-0.39, 0.29) is 29.1 Å². The Bertz CT molecular complexity index is 1340. The molecule has 0 unspecified atom stereocenters. The molecule has 1 atom stereocenters. The Hall–Kier alpha value is -3.85. The highest BCUT2D eigenvalue weighted by molar-refractivity contribution is 7.92. The van der Waals surface area contributed by atoms with E-state index in [1.807, 2.05) is 51.1 Å². The van der Waals surface area contributed by atoms with Crippen molar-refractivity contribution in [1.82, 2.24) is 10.2 Å². The van der Waals surface area contributed by atoms with Crippen LogP contribution < -0.4 is 14.4 Å². The highest BCUT2D eigenvalue weighted by Gasteiger charge is 2.33. The van der Waals surface area contributed by atoms with Crippen molar-refractivity contribution in [3.63, 3.8) is 0 Å². The molecule has 2 amide bonds. The first-order valence-electron chi connectivity index (χ1n) is 12.4. The van der Waals surface area contributed by atoms with Crippen LogP contribution in [0.3, 0.4) is 0 Å². The van der Waals surface area contributed by atoms with E-state index in [1.165, 1.54) is 24.1 Å². The molecule has 0 aromatic heterocycles. The van der Waals surface area contributed by atoms with Crippen molar-refractivity contribution in [2.45, 2.75) is 51.2 Å². The van der Waals surface area contributed by atoms with Gasteiger partial charge in [0.1, 0.15) is 18.3 Å². The minimum atomic E-state index is -4.16. The Labute approximate surface area is 225 Å². The van der Waals surface area contributed by atoms with Crippen LogP contribution in [-0.2, 0) is 26.2 Å². The van der Waals surface area contributed by atoms with Gasteiger partial charge in [0.2, 0.25) is 11.8 Å². The highest BCUT2D eigenvalue weighted by atomic mass is 32.2. The number of amides is 2. The molecule has 0 heterocycles. The summed E-state index contributed by atoms with van der Waals surface area (Å²) in [7, 11) is -2.72. The summed E-state index contributed by atoms with van der Waals surface area (Å²) in [5, 5.41) is 2.84. The lowest BCUT2D eigenvalue weighted by Gasteiger charge is -2.32. The van der Waals surface area contributed by atoms with Crippen molar-refractivity contribution in [2.24, 2.45) is 0 Å². The molecule has 0 radical (unpaired) electrons. The Morgan fingerprint density at radius 3 is 2.11 bits per heavy atom. The maximum Gasteiger partial charge on any atom is 0.264 e. The molecule has 0 aliphatic heterocycles. The van der Waals surface area contributed by atoms with Crippen molar-refractivity contribution in [1.29, 1.82) is 0 Å². The molecule has 3 aromatic rings. The van der Waals surface area contributed by atoms with Crippen LogP contribution in [0.2, 0.25) is 0 Å². The predicted molar refractivity (Wildman–Crippen MR) is 148 cm³/mol. The summed E-state index contributed by atoms with van der Waals surface area (Å²) in [6, 6.07) is 21.4. The molecule has 0 fully saturated rings. The molecule has 0 aliphatic rings. The van der Waals surface area contributed by atoms with Crippen LogP contribution in [0.4, 0.5) is 5.69 Å². The van der Waals surface area contributed by atoms with Gasteiger partial charge in [-0.25, -0.2) is 8.42 Å². The van der Waals surface area contributed by atoms with Crippen LogP contribution in [0.5, 0.6) is 5.75 Å². The zero-order valence-corrected chi connectivity index (χ0v) is 23.2. The summed E-state index contributed by atoms with van der Waals surface area (Å²) in [6.07, 6.45) is 0. The van der Waals surface area contributed by atoms with Crippen LogP contribution in [-0.4, -0.2) is 50.9 Å². The first-order valence-corrected chi connectivity index (χ1v) is 13.8. The van der Waals surface area contributed by atoms with Gasteiger partial charge in [-0.05, 0) is 57.5 Å². The largest absolute Gasteiger partial charge is 0.495 e. The molecule has 1 N–H and O–H groups in total. The number of carbonyl (C=O) groups is 2. The molecule has 202 valence electrons. The lowest BCUT2D eigenvalue weighted by molar-refractivity contribution is -0.139. The number of sulfonamides is 1. The molecular weight excluding hydrogens is 502 g/mol. The molecule has 0 bridgehead atoms. The number of carbonyl (C=O) groups excluding carboxylic acids is 2. The molecule has 8 nitrogen and oxygen atoms in total. The number of methoxy groups -OCH3 is 1. The van der Waals surface area contributed by atoms with Crippen molar-refractivity contribution in [2.75, 3.05) is 18.0 Å². The highest BCUT2D eigenvalue weighted by Crippen LogP contribution is 2.32. The third-order valence-electron chi connectivity index (χ3n) is 6.04. The maximum atomic E-state index is 13.9. The Morgan fingerprint density at radius 1 is 0.895 bits per heavy atom. The fourth-order valence-electron chi connectivity index (χ4n) is 3.95. The zero-order valence-electron chi connectivity index (χ0n) is 22.4. The summed E-state index contributed by atoms with van der Waals surface area (Å²) in [4.78, 5) is 28.3. The van der Waals surface area contributed by atoms with E-state index in [0.717, 1.165) is 15.4 Å². The average Bonchev–Trinajstić information content (AvgIpc) is 2.90. The van der Waals surface area contributed by atoms with E-state index in [4.69, 9.17) is 4.74 Å². The molecule has 0 saturated carbocycles. The molecule has 38 heavy (non-hydrogen) atoms. The topological polar surface area (TPSA) is 96.0 Å². The number of aryl methyl sites for hydroxylation is 1. The van der Waals surface area contributed by atoms with E-state index < -0.39 is 28.5 Å². The third kappa shape index (κ3) is 6.92. The molecule has 0 saturated heterocycles. The average molecular weight is 538 g/mol. The Morgan fingerprint density at radius 2 is 1.50 bits per heavy atom. The smallest absolute Gasteiger partial charge is 0.264 e. The van der Waals surface area contributed by atoms with Crippen LogP contribution in [0.25, 0.3) is 0 Å². The molecule has 3 aromatic carbocycles. The zero-order chi connectivity index (χ0) is 27.9. The van der Waals surface area contributed by atoms with Crippen molar-refractivity contribution < 1.29 is 22.7 Å². The van der Waals surface area contributed by atoms with E-state index in [1.54, 1.807) is 43.3 Å². The first kappa shape index (κ1) is 28.7. The second-order valence-electron chi connectivity index (χ2n) is 9.34. The lowest BCUT2D eigenvalue weighted by Crippen LogP contribution is -2.52. The van der Waals surface area contributed by atoms with Crippen molar-refractivity contribution in [3.8, 4) is 5.75 Å². The standard InChI is InChI=1S/C29H35N3O5S/c1-21(2)30-29(34)23(4)31(19-24-11-7-6-8-12-24)28(33)20-32(26-13-9-10-14-27(26)37-5)38(35,36)25-17-15-22(3)16-18-25/h6-18,21,23H,19-20H2,1-5H3,(H,30,34)/t23-/m1/s1. The maximum absolute atomic E-state index is 13.9. The fourth-order valence-corrected chi connectivity index (χ4v) is 5.38. The van der Waals surface area contributed by atoms with Gasteiger partial charge in [-0.2, -0.15) is 0 Å². The number of anilines is 1. The number of rotatable bonds is 11. The van der Waals surface area contributed by atoms with Crippen LogP contribution in [0.1, 0.15) is 31.9 Å². The second kappa shape index (κ2) is 12.6. The van der Waals surface area contributed by atoms with Gasteiger partial charge >= 0.3 is 0 Å². The van der Waals surface area contributed by atoms with E-state index in [0.29, 0.717) is 5.75 Å². The minimum Gasteiger partial charge on any atom is -0.495 e. The van der Waals surface area contributed by atoms with Crippen LogP contribution in [0.15, 0.2) is 83.8 Å². The third-order valence-corrected chi connectivity index (χ3v) is 7.81. The summed E-state index contributed by atoms with van der Waals surface area (Å²) < 4.78 is 34.3. The van der Waals surface area contributed by atoms with Gasteiger partial charge in [-0.15, -0.1) is 0 Å². The summed E-state index contributed by atoms with van der Waals surface area (Å²) in [5.74, 6) is -0.549. The fraction of sp³-hybridized carbons (Fsp3) is 0.310. The van der Waals surface area contributed by atoms with Gasteiger partial charge in [0.05, 0.1) is 17.7 Å². The van der Waals surface area contributed by atoms with E-state index >= 15 is 0 Å². The number of hydrogen-bond donors (Lipinski definition) is 1. The van der Waals surface area contributed by atoms with Crippen LogP contribution >= 0.6 is 0 Å². The summed E-state index contributed by atoms with van der Waals surface area (Å²) >= 11 is 0. The molecule has 3 rings (SSSR count). The summed E-state index contributed by atoms with van der Waals surface area (Å²) in [5.41, 5.74) is 1.95. The van der Waals surface area contributed by atoms with Gasteiger partial charge in [-0.1, -0.05) is 60.2 Å². The quantitative estimate of drug-likeness (QED) is 0.397. The molecule has 0 spiro atoms. The number of nitrogens with one attached hydrogen (secondary N) is 1. The normalized spacial score (nSPS) is 12.1. The van der Waals surface area contributed by atoms with Gasteiger partial charge in [0, 0.05) is 12.6 Å². The monoisotopic (exact) mass is 537 g/mol. The number of para-hydroxylation sites is 2. The number of hydrogen-bond acceptors (Lipinski definition) is 5. The van der Waals surface area contributed by atoms with Crippen molar-refractivity contribution in [3.05, 3.63) is 90.0 Å². The first-order chi connectivity index (χ1) is 18.0. The molecular formula is C29H35N3O5S. The number of ether oxygens (including phenoxy) is 1. The Balaban J connectivity index is 2.06. The predicted octanol–water partition coefficient (Wildman–Crippen LogP) is 4.14. The van der Waals surface area contributed by atoms with Gasteiger partial charge in [0.25, 0.3) is 10.0 Å². The SMILES string of the molecule is COc1ccccc1N(CC(=O)N(Cc1ccccc1)[C@H](C)C(=O)NC(C)C)S(=O)(=O)c1ccc(C)cc1. The lowest BCUT2D eigenvalue weighted by atomic mass is 10.1.